The molecule has 0 aliphatic heterocycles. The number of amides is 1. The Morgan fingerprint density at radius 1 is 1.13 bits per heavy atom. The van der Waals surface area contributed by atoms with Crippen LogP contribution >= 0.6 is 0 Å². The lowest BCUT2D eigenvalue weighted by Crippen LogP contribution is -2.38. The highest BCUT2D eigenvalue weighted by Gasteiger charge is 2.15. The van der Waals surface area contributed by atoms with E-state index in [-0.39, 0.29) is 12.5 Å². The molecular formula is C19H24N2O2. The van der Waals surface area contributed by atoms with Gasteiger partial charge in [0.1, 0.15) is 0 Å². The van der Waals surface area contributed by atoms with E-state index in [0.717, 1.165) is 16.9 Å². The number of aliphatic hydroxyl groups is 1. The number of hydrogen-bond donors (Lipinski definition) is 2. The van der Waals surface area contributed by atoms with Gasteiger partial charge < -0.3 is 15.3 Å². The number of aryl methyl sites for hydroxylation is 1. The lowest BCUT2D eigenvalue weighted by molar-refractivity contribution is -0.115. The van der Waals surface area contributed by atoms with Gasteiger partial charge in [0.15, 0.2) is 0 Å². The minimum atomic E-state index is -0.457. The molecule has 0 aliphatic carbocycles. The van der Waals surface area contributed by atoms with Gasteiger partial charge >= 0.3 is 0 Å². The van der Waals surface area contributed by atoms with E-state index in [4.69, 9.17) is 0 Å². The summed E-state index contributed by atoms with van der Waals surface area (Å²) >= 11 is 0. The number of aliphatic hydroxyl groups excluding tert-OH is 1. The second-order valence-corrected chi connectivity index (χ2v) is 5.64. The molecule has 0 heterocycles. The van der Waals surface area contributed by atoms with Crippen molar-refractivity contribution in [1.29, 1.82) is 0 Å². The molecule has 2 N–H and O–H groups in total. The summed E-state index contributed by atoms with van der Waals surface area (Å²) in [7, 11) is 0. The summed E-state index contributed by atoms with van der Waals surface area (Å²) in [6, 6.07) is 17.4. The van der Waals surface area contributed by atoms with Gasteiger partial charge in [0.2, 0.25) is 5.91 Å². The van der Waals surface area contributed by atoms with E-state index in [1.165, 1.54) is 0 Å². The van der Waals surface area contributed by atoms with Crippen molar-refractivity contribution in [2.45, 2.75) is 26.4 Å². The number of anilines is 2. The number of hydrogen-bond acceptors (Lipinski definition) is 3. The Morgan fingerprint density at radius 2 is 1.78 bits per heavy atom. The summed E-state index contributed by atoms with van der Waals surface area (Å²) in [5, 5.41) is 12.9. The molecule has 0 fully saturated rings. The van der Waals surface area contributed by atoms with E-state index >= 15 is 0 Å². The lowest BCUT2D eigenvalue weighted by atomic mass is 10.2. The molecule has 23 heavy (non-hydrogen) atoms. The molecule has 0 aromatic heterocycles. The molecule has 122 valence electrons. The lowest BCUT2D eigenvalue weighted by Gasteiger charge is -2.26. The molecule has 0 saturated carbocycles. The van der Waals surface area contributed by atoms with Crippen LogP contribution < -0.4 is 10.2 Å². The fraction of sp³-hybridized carbons (Fsp3) is 0.316. The highest BCUT2D eigenvalue weighted by atomic mass is 16.3. The molecule has 2 rings (SSSR count). The van der Waals surface area contributed by atoms with Gasteiger partial charge in [-0.2, -0.15) is 0 Å². The molecule has 0 aliphatic rings. The number of nitrogens with zero attached hydrogens (tertiary/aromatic N) is 1. The van der Waals surface area contributed by atoms with Crippen molar-refractivity contribution in [3.05, 3.63) is 60.2 Å². The molecule has 0 spiro atoms. The van der Waals surface area contributed by atoms with Crippen molar-refractivity contribution in [3.8, 4) is 0 Å². The molecule has 0 saturated heterocycles. The molecule has 1 unspecified atom stereocenters. The van der Waals surface area contributed by atoms with E-state index in [9.17, 15) is 9.90 Å². The van der Waals surface area contributed by atoms with E-state index in [1.54, 1.807) is 0 Å². The summed E-state index contributed by atoms with van der Waals surface area (Å²) in [5.41, 5.74) is 2.78. The summed E-state index contributed by atoms with van der Waals surface area (Å²) in [6.07, 6.45) is 0.199. The van der Waals surface area contributed by atoms with Gasteiger partial charge in [-0.05, 0) is 37.1 Å². The average Bonchev–Trinajstić information content (AvgIpc) is 2.57. The van der Waals surface area contributed by atoms with Crippen LogP contribution in [0.4, 0.5) is 11.4 Å². The predicted octanol–water partition coefficient (Wildman–Crippen LogP) is 3.21. The zero-order valence-corrected chi connectivity index (χ0v) is 13.7. The van der Waals surface area contributed by atoms with Crippen LogP contribution in [0.3, 0.4) is 0 Å². The Bertz CT molecular complexity index is 628. The molecule has 4 heteroatoms. The number of carbonyl (C=O) groups excluding carboxylic acids is 1. The smallest absolute Gasteiger partial charge is 0.243 e. The monoisotopic (exact) mass is 312 g/mol. The molecule has 0 bridgehead atoms. The molecule has 4 nitrogen and oxygen atoms in total. The van der Waals surface area contributed by atoms with Crippen molar-refractivity contribution in [2.24, 2.45) is 0 Å². The van der Waals surface area contributed by atoms with Gasteiger partial charge in [-0.25, -0.2) is 0 Å². The highest BCUT2D eigenvalue weighted by Crippen LogP contribution is 2.16. The fourth-order valence-corrected chi connectivity index (χ4v) is 2.36. The normalized spacial score (nSPS) is 11.8. The summed E-state index contributed by atoms with van der Waals surface area (Å²) in [5.74, 6) is -0.0912. The number of benzene rings is 2. The minimum absolute atomic E-state index is 0.0912. The summed E-state index contributed by atoms with van der Waals surface area (Å²) in [4.78, 5) is 14.3. The van der Waals surface area contributed by atoms with E-state index in [1.807, 2.05) is 73.3 Å². The maximum Gasteiger partial charge on any atom is 0.243 e. The first-order valence-corrected chi connectivity index (χ1v) is 7.93. The first-order chi connectivity index (χ1) is 11.1. The molecule has 0 radical (unpaired) electrons. The van der Waals surface area contributed by atoms with Crippen molar-refractivity contribution in [2.75, 3.05) is 23.3 Å². The van der Waals surface area contributed by atoms with E-state index < -0.39 is 6.10 Å². The van der Waals surface area contributed by atoms with Gasteiger partial charge in [0.25, 0.3) is 0 Å². The largest absolute Gasteiger partial charge is 0.391 e. The van der Waals surface area contributed by atoms with E-state index in [0.29, 0.717) is 13.0 Å². The van der Waals surface area contributed by atoms with Crippen LogP contribution in [0.25, 0.3) is 0 Å². The quantitative estimate of drug-likeness (QED) is 0.825. The van der Waals surface area contributed by atoms with Gasteiger partial charge in [-0.15, -0.1) is 0 Å². The average molecular weight is 312 g/mol. The summed E-state index contributed by atoms with van der Waals surface area (Å²) < 4.78 is 0. The first kappa shape index (κ1) is 17.0. The number of carbonyl (C=O) groups is 1. The van der Waals surface area contributed by atoms with Gasteiger partial charge in [-0.1, -0.05) is 43.3 Å². The number of para-hydroxylation sites is 2. The molecule has 2 aromatic carbocycles. The zero-order valence-electron chi connectivity index (χ0n) is 13.7. The third-order valence-corrected chi connectivity index (χ3v) is 3.78. The Kier molecular flexibility index (Phi) is 6.18. The Hall–Kier alpha value is -2.33. The fourth-order valence-electron chi connectivity index (χ4n) is 2.36. The number of nitrogens with one attached hydrogen (secondary N) is 1. The van der Waals surface area contributed by atoms with Crippen LogP contribution in [-0.2, 0) is 4.79 Å². The maximum absolute atomic E-state index is 12.4. The van der Waals surface area contributed by atoms with Crippen LogP contribution in [0.5, 0.6) is 0 Å². The van der Waals surface area contributed by atoms with Crippen molar-refractivity contribution >= 4 is 17.3 Å². The van der Waals surface area contributed by atoms with Crippen molar-refractivity contribution < 1.29 is 9.90 Å². The zero-order chi connectivity index (χ0) is 16.7. The third kappa shape index (κ3) is 5.11. The van der Waals surface area contributed by atoms with Crippen molar-refractivity contribution in [3.63, 3.8) is 0 Å². The second-order valence-electron chi connectivity index (χ2n) is 5.64. The van der Waals surface area contributed by atoms with E-state index in [2.05, 4.69) is 5.32 Å². The molecule has 2 aromatic rings. The highest BCUT2D eigenvalue weighted by molar-refractivity contribution is 5.94. The topological polar surface area (TPSA) is 52.6 Å². The predicted molar refractivity (Wildman–Crippen MR) is 94.8 cm³/mol. The SMILES string of the molecule is CCC(O)CN(CC(=O)Nc1ccccc1C)c1ccccc1. The van der Waals surface area contributed by atoms with Crippen LogP contribution in [0.15, 0.2) is 54.6 Å². The molecule has 1 atom stereocenters. The van der Waals surface area contributed by atoms with Gasteiger partial charge in [0.05, 0.1) is 12.6 Å². The molecular weight excluding hydrogens is 288 g/mol. The Labute approximate surface area is 137 Å². The standard InChI is InChI=1S/C19H24N2O2/c1-3-17(22)13-21(16-10-5-4-6-11-16)14-19(23)20-18-12-8-7-9-15(18)2/h4-12,17,22H,3,13-14H2,1-2H3,(H,20,23). The van der Waals surface area contributed by atoms with Gasteiger partial charge in [-0.3, -0.25) is 4.79 Å². The Morgan fingerprint density at radius 3 is 2.43 bits per heavy atom. The van der Waals surface area contributed by atoms with Gasteiger partial charge in [0, 0.05) is 17.9 Å². The first-order valence-electron chi connectivity index (χ1n) is 7.93. The maximum atomic E-state index is 12.4. The van der Waals surface area contributed by atoms with Crippen LogP contribution in [-0.4, -0.2) is 30.2 Å². The minimum Gasteiger partial charge on any atom is -0.391 e. The molecule has 1 amide bonds. The Balaban J connectivity index is 2.08. The van der Waals surface area contributed by atoms with Crippen LogP contribution in [0.2, 0.25) is 0 Å². The number of rotatable bonds is 7. The van der Waals surface area contributed by atoms with Crippen LogP contribution in [0, 0.1) is 6.92 Å². The summed E-state index contributed by atoms with van der Waals surface area (Å²) in [6.45, 7) is 4.53. The third-order valence-electron chi connectivity index (χ3n) is 3.78. The van der Waals surface area contributed by atoms with Crippen molar-refractivity contribution in [1.82, 2.24) is 0 Å². The van der Waals surface area contributed by atoms with Crippen LogP contribution in [0.1, 0.15) is 18.9 Å². The second kappa shape index (κ2) is 8.34.